The van der Waals surface area contributed by atoms with Gasteiger partial charge in [-0.05, 0) is 12.1 Å². The Morgan fingerprint density at radius 3 is 2.82 bits per heavy atom. The first-order valence-corrected chi connectivity index (χ1v) is 3.20. The summed E-state index contributed by atoms with van der Waals surface area (Å²) >= 11 is 0. The summed E-state index contributed by atoms with van der Waals surface area (Å²) in [6, 6.07) is 5.46. The average molecular weight is 150 g/mol. The lowest BCUT2D eigenvalue weighted by molar-refractivity contribution is 1.13. The van der Waals surface area contributed by atoms with Crippen LogP contribution in [0.4, 0.5) is 5.82 Å². The van der Waals surface area contributed by atoms with Crippen molar-refractivity contribution in [2.45, 2.75) is 0 Å². The van der Waals surface area contributed by atoms with Gasteiger partial charge >= 0.3 is 0 Å². The number of guanidine groups is 1. The fourth-order valence-electron chi connectivity index (χ4n) is 0.676. The van der Waals surface area contributed by atoms with E-state index in [1.54, 1.807) is 19.3 Å². The number of nitrogens with one attached hydrogen (secondary N) is 1. The Balaban J connectivity index is 2.85. The number of nitrogens with zero attached hydrogens (tertiary/aromatic N) is 2. The van der Waals surface area contributed by atoms with Crippen LogP contribution in [0.2, 0.25) is 0 Å². The first-order valence-electron chi connectivity index (χ1n) is 3.20. The molecule has 0 unspecified atom stereocenters. The van der Waals surface area contributed by atoms with Gasteiger partial charge in [0.1, 0.15) is 5.82 Å². The van der Waals surface area contributed by atoms with E-state index in [-0.39, 0.29) is 5.96 Å². The van der Waals surface area contributed by atoms with E-state index in [1.165, 1.54) is 4.90 Å². The Hall–Kier alpha value is -1.58. The van der Waals surface area contributed by atoms with Gasteiger partial charge in [0.2, 0.25) is 0 Å². The summed E-state index contributed by atoms with van der Waals surface area (Å²) in [5.74, 6) is 0.670. The summed E-state index contributed by atoms with van der Waals surface area (Å²) in [6.45, 7) is 0. The summed E-state index contributed by atoms with van der Waals surface area (Å²) in [7, 11) is 1.70. The maximum absolute atomic E-state index is 7.10. The van der Waals surface area contributed by atoms with Gasteiger partial charge in [-0.1, -0.05) is 6.07 Å². The molecule has 1 rings (SSSR count). The molecule has 0 aliphatic carbocycles. The summed E-state index contributed by atoms with van der Waals surface area (Å²) in [4.78, 5) is 5.50. The average Bonchev–Trinajstić information content (AvgIpc) is 2.05. The van der Waals surface area contributed by atoms with E-state index in [9.17, 15) is 0 Å². The lowest BCUT2D eigenvalue weighted by atomic mass is 10.4. The molecule has 11 heavy (non-hydrogen) atoms. The Morgan fingerprint density at radius 1 is 1.64 bits per heavy atom. The predicted octanol–water partition coefficient (Wildman–Crippen LogP) is 0.411. The number of pyridine rings is 1. The first-order chi connectivity index (χ1) is 5.22. The van der Waals surface area contributed by atoms with Crippen LogP contribution in [-0.4, -0.2) is 18.0 Å². The van der Waals surface area contributed by atoms with E-state index in [0.717, 1.165) is 0 Å². The molecule has 0 amide bonds. The third-order valence-electron chi connectivity index (χ3n) is 1.35. The monoisotopic (exact) mass is 150 g/mol. The van der Waals surface area contributed by atoms with Crippen molar-refractivity contribution in [1.82, 2.24) is 4.98 Å². The van der Waals surface area contributed by atoms with Crippen LogP contribution in [0.1, 0.15) is 0 Å². The predicted molar refractivity (Wildman–Crippen MR) is 44.6 cm³/mol. The standard InChI is InChI=1S/C7H10N4/c1-11(7(8)9)6-4-2-3-5-10-6/h2-5H,1H3,(H3,8,9). The van der Waals surface area contributed by atoms with Gasteiger partial charge in [0, 0.05) is 13.2 Å². The van der Waals surface area contributed by atoms with Gasteiger partial charge in [0.25, 0.3) is 0 Å². The first kappa shape index (κ1) is 7.53. The van der Waals surface area contributed by atoms with Crippen LogP contribution in [0.3, 0.4) is 0 Å². The van der Waals surface area contributed by atoms with Crippen LogP contribution in [0.5, 0.6) is 0 Å². The van der Waals surface area contributed by atoms with Gasteiger partial charge in [-0.3, -0.25) is 5.41 Å². The van der Waals surface area contributed by atoms with Crippen LogP contribution < -0.4 is 10.6 Å². The zero-order valence-corrected chi connectivity index (χ0v) is 6.28. The molecule has 1 heterocycles. The van der Waals surface area contributed by atoms with Gasteiger partial charge in [0.05, 0.1) is 0 Å². The van der Waals surface area contributed by atoms with Crippen molar-refractivity contribution in [2.75, 3.05) is 11.9 Å². The molecule has 0 atom stereocenters. The number of anilines is 1. The second kappa shape index (κ2) is 3.01. The smallest absolute Gasteiger partial charge is 0.193 e. The molecule has 58 valence electrons. The van der Waals surface area contributed by atoms with Gasteiger partial charge in [-0.25, -0.2) is 4.98 Å². The minimum atomic E-state index is -0.0105. The second-order valence-corrected chi connectivity index (χ2v) is 2.13. The van der Waals surface area contributed by atoms with Crippen molar-refractivity contribution in [3.05, 3.63) is 24.4 Å². The second-order valence-electron chi connectivity index (χ2n) is 2.13. The number of aromatic nitrogens is 1. The Morgan fingerprint density at radius 2 is 2.36 bits per heavy atom. The number of rotatable bonds is 1. The summed E-state index contributed by atoms with van der Waals surface area (Å²) in [6.07, 6.45) is 1.66. The van der Waals surface area contributed by atoms with Crippen molar-refractivity contribution in [1.29, 1.82) is 5.41 Å². The van der Waals surface area contributed by atoms with Gasteiger partial charge in [-0.2, -0.15) is 0 Å². The largest absolute Gasteiger partial charge is 0.370 e. The molecule has 0 aliphatic rings. The lowest BCUT2D eigenvalue weighted by Crippen LogP contribution is -2.33. The minimum absolute atomic E-state index is 0.0105. The third kappa shape index (κ3) is 1.67. The quantitative estimate of drug-likeness (QED) is 0.450. The van der Waals surface area contributed by atoms with Crippen LogP contribution in [0.25, 0.3) is 0 Å². The zero-order chi connectivity index (χ0) is 8.27. The molecule has 0 aromatic carbocycles. The van der Waals surface area contributed by atoms with Gasteiger partial charge in [0.15, 0.2) is 5.96 Å². The molecule has 1 aromatic heterocycles. The fourth-order valence-corrected chi connectivity index (χ4v) is 0.676. The summed E-state index contributed by atoms with van der Waals surface area (Å²) in [5.41, 5.74) is 5.24. The van der Waals surface area contributed by atoms with Gasteiger partial charge < -0.3 is 10.6 Å². The highest BCUT2D eigenvalue weighted by Gasteiger charge is 2.01. The molecular formula is C7H10N4. The zero-order valence-electron chi connectivity index (χ0n) is 6.28. The van der Waals surface area contributed by atoms with E-state index in [0.29, 0.717) is 5.82 Å². The SMILES string of the molecule is CN(C(=N)N)c1ccccn1. The normalized spacial score (nSPS) is 9.18. The van der Waals surface area contributed by atoms with Gasteiger partial charge in [-0.15, -0.1) is 0 Å². The molecule has 0 spiro atoms. The molecule has 0 bridgehead atoms. The van der Waals surface area contributed by atoms with Crippen molar-refractivity contribution in [2.24, 2.45) is 5.73 Å². The van der Waals surface area contributed by atoms with E-state index < -0.39 is 0 Å². The highest BCUT2D eigenvalue weighted by molar-refractivity contribution is 5.90. The van der Waals surface area contributed by atoms with Crippen LogP contribution in [0, 0.1) is 5.41 Å². The maximum atomic E-state index is 7.10. The van der Waals surface area contributed by atoms with Crippen molar-refractivity contribution >= 4 is 11.8 Å². The number of hydrogen-bond acceptors (Lipinski definition) is 2. The molecular weight excluding hydrogens is 140 g/mol. The molecule has 4 heteroatoms. The van der Waals surface area contributed by atoms with E-state index >= 15 is 0 Å². The van der Waals surface area contributed by atoms with E-state index in [4.69, 9.17) is 11.1 Å². The fraction of sp³-hybridized carbons (Fsp3) is 0.143. The Bertz CT molecular complexity index is 244. The molecule has 0 saturated carbocycles. The highest BCUT2D eigenvalue weighted by Crippen LogP contribution is 2.04. The molecule has 0 saturated heterocycles. The third-order valence-corrected chi connectivity index (χ3v) is 1.35. The molecule has 4 nitrogen and oxygen atoms in total. The van der Waals surface area contributed by atoms with Crippen LogP contribution in [-0.2, 0) is 0 Å². The topological polar surface area (TPSA) is 66.0 Å². The maximum Gasteiger partial charge on any atom is 0.193 e. The molecule has 0 fully saturated rings. The Labute approximate surface area is 65.2 Å². The molecule has 0 radical (unpaired) electrons. The lowest BCUT2D eigenvalue weighted by Gasteiger charge is -2.14. The van der Waals surface area contributed by atoms with Crippen LogP contribution in [0.15, 0.2) is 24.4 Å². The number of nitrogens with two attached hydrogens (primary N) is 1. The van der Waals surface area contributed by atoms with Crippen molar-refractivity contribution in [3.63, 3.8) is 0 Å². The Kier molecular flexibility index (Phi) is 2.06. The highest BCUT2D eigenvalue weighted by atomic mass is 15.2. The van der Waals surface area contributed by atoms with Crippen molar-refractivity contribution in [3.8, 4) is 0 Å². The molecule has 1 aromatic rings. The molecule has 3 N–H and O–H groups in total. The van der Waals surface area contributed by atoms with Crippen molar-refractivity contribution < 1.29 is 0 Å². The molecule has 0 aliphatic heterocycles. The van der Waals surface area contributed by atoms with E-state index in [1.807, 2.05) is 12.1 Å². The summed E-state index contributed by atoms with van der Waals surface area (Å²) < 4.78 is 0. The summed E-state index contributed by atoms with van der Waals surface area (Å²) in [5, 5.41) is 7.10. The van der Waals surface area contributed by atoms with Crippen LogP contribution >= 0.6 is 0 Å². The van der Waals surface area contributed by atoms with E-state index in [2.05, 4.69) is 4.98 Å². The minimum Gasteiger partial charge on any atom is -0.370 e. The number of hydrogen-bond donors (Lipinski definition) is 2.